The summed E-state index contributed by atoms with van der Waals surface area (Å²) in [5.74, 6) is 0. The SMILES string of the molecule is [N-]=[N+]=NC1(N=[N+]=[N-])C=CC(N)=CC1. The fraction of sp³-hybridized carbons (Fsp3) is 0.333. The van der Waals surface area contributed by atoms with Crippen LogP contribution in [0.4, 0.5) is 0 Å². The summed E-state index contributed by atoms with van der Waals surface area (Å²) in [6.45, 7) is 0. The third-order valence-electron chi connectivity index (χ3n) is 1.62. The molecule has 0 radical (unpaired) electrons. The third-order valence-corrected chi connectivity index (χ3v) is 1.62. The van der Waals surface area contributed by atoms with Gasteiger partial charge in [-0.25, -0.2) is 0 Å². The van der Waals surface area contributed by atoms with Crippen LogP contribution in [-0.4, -0.2) is 5.66 Å². The van der Waals surface area contributed by atoms with Gasteiger partial charge in [0.15, 0.2) is 0 Å². The number of hydrogen-bond donors (Lipinski definition) is 1. The molecular formula is C6H7N7. The minimum atomic E-state index is -1.16. The molecule has 1 aliphatic carbocycles. The number of rotatable bonds is 2. The molecule has 0 amide bonds. The highest BCUT2D eigenvalue weighted by molar-refractivity contribution is 5.26. The molecule has 0 aromatic heterocycles. The third kappa shape index (κ3) is 1.93. The van der Waals surface area contributed by atoms with Gasteiger partial charge in [0.05, 0.1) is 0 Å². The Morgan fingerprint density at radius 2 is 2.00 bits per heavy atom. The summed E-state index contributed by atoms with van der Waals surface area (Å²) in [5, 5.41) is 6.82. The number of nitrogens with zero attached hydrogens (tertiary/aromatic N) is 6. The Labute approximate surface area is 73.8 Å². The molecule has 1 rings (SSSR count). The molecule has 0 aliphatic heterocycles. The molecule has 7 nitrogen and oxygen atoms in total. The van der Waals surface area contributed by atoms with E-state index in [0.29, 0.717) is 12.1 Å². The number of allylic oxidation sites excluding steroid dienone is 1. The van der Waals surface area contributed by atoms with E-state index in [1.54, 1.807) is 12.2 Å². The molecule has 0 spiro atoms. The predicted octanol–water partition coefficient (Wildman–Crippen LogP) is 2.11. The van der Waals surface area contributed by atoms with Gasteiger partial charge in [0.2, 0.25) is 0 Å². The van der Waals surface area contributed by atoms with Gasteiger partial charge in [-0.2, -0.15) is 0 Å². The summed E-state index contributed by atoms with van der Waals surface area (Å²) in [5.41, 5.74) is 21.4. The fourth-order valence-electron chi connectivity index (χ4n) is 0.957. The topological polar surface area (TPSA) is 124 Å². The lowest BCUT2D eigenvalue weighted by Crippen LogP contribution is -2.21. The molecule has 0 fully saturated rings. The first-order valence-electron chi connectivity index (χ1n) is 3.50. The van der Waals surface area contributed by atoms with Crippen LogP contribution in [0.2, 0.25) is 0 Å². The van der Waals surface area contributed by atoms with Crippen molar-refractivity contribution in [3.63, 3.8) is 0 Å². The molecule has 1 aliphatic rings. The van der Waals surface area contributed by atoms with Gasteiger partial charge in [0.1, 0.15) is 5.66 Å². The highest BCUT2D eigenvalue weighted by Crippen LogP contribution is 2.25. The van der Waals surface area contributed by atoms with E-state index in [1.165, 1.54) is 6.08 Å². The first-order chi connectivity index (χ1) is 6.22. The maximum absolute atomic E-state index is 8.27. The van der Waals surface area contributed by atoms with Gasteiger partial charge < -0.3 is 5.73 Å². The molecule has 66 valence electrons. The van der Waals surface area contributed by atoms with E-state index in [2.05, 4.69) is 20.1 Å². The first-order valence-corrected chi connectivity index (χ1v) is 3.50. The monoisotopic (exact) mass is 177 g/mol. The second-order valence-electron chi connectivity index (χ2n) is 2.50. The lowest BCUT2D eigenvalue weighted by molar-refractivity contribution is 0.547. The van der Waals surface area contributed by atoms with Crippen LogP contribution in [0.25, 0.3) is 20.9 Å². The van der Waals surface area contributed by atoms with Crippen molar-refractivity contribution in [2.24, 2.45) is 16.0 Å². The molecule has 13 heavy (non-hydrogen) atoms. The van der Waals surface area contributed by atoms with Crippen LogP contribution in [0, 0.1) is 0 Å². The molecule has 0 atom stereocenters. The summed E-state index contributed by atoms with van der Waals surface area (Å²) < 4.78 is 0. The van der Waals surface area contributed by atoms with Crippen LogP contribution in [0.5, 0.6) is 0 Å². The van der Waals surface area contributed by atoms with E-state index in [1.807, 2.05) is 0 Å². The van der Waals surface area contributed by atoms with Crippen molar-refractivity contribution in [1.82, 2.24) is 0 Å². The minimum Gasteiger partial charge on any atom is -0.399 e. The summed E-state index contributed by atoms with van der Waals surface area (Å²) in [7, 11) is 0. The highest BCUT2D eigenvalue weighted by atomic mass is 15.3. The van der Waals surface area contributed by atoms with Gasteiger partial charge >= 0.3 is 0 Å². The van der Waals surface area contributed by atoms with E-state index in [9.17, 15) is 0 Å². The van der Waals surface area contributed by atoms with Crippen LogP contribution >= 0.6 is 0 Å². The zero-order valence-corrected chi connectivity index (χ0v) is 6.70. The Kier molecular flexibility index (Phi) is 2.44. The van der Waals surface area contributed by atoms with Gasteiger partial charge in [-0.1, -0.05) is 22.4 Å². The van der Waals surface area contributed by atoms with Crippen LogP contribution in [0.3, 0.4) is 0 Å². The molecule has 0 aromatic carbocycles. The summed E-state index contributed by atoms with van der Waals surface area (Å²) in [6.07, 6.45) is 4.97. The van der Waals surface area contributed by atoms with E-state index in [4.69, 9.17) is 16.8 Å². The standard InChI is InChI=1S/C6H7N7/c7-5-1-3-6(4-2-5,10-12-8)11-13-9/h1-3H,4,7H2. The van der Waals surface area contributed by atoms with Gasteiger partial charge in [-0.3, -0.25) is 0 Å². The predicted molar refractivity (Wildman–Crippen MR) is 47.1 cm³/mol. The minimum absolute atomic E-state index is 0.295. The van der Waals surface area contributed by atoms with Crippen molar-refractivity contribution in [2.75, 3.05) is 0 Å². The number of hydrogen-bond acceptors (Lipinski definition) is 3. The van der Waals surface area contributed by atoms with E-state index in [0.717, 1.165) is 0 Å². The van der Waals surface area contributed by atoms with Crippen LogP contribution < -0.4 is 5.73 Å². The van der Waals surface area contributed by atoms with Crippen LogP contribution in [0.15, 0.2) is 34.2 Å². The summed E-state index contributed by atoms with van der Waals surface area (Å²) >= 11 is 0. The van der Waals surface area contributed by atoms with Gasteiger partial charge in [0, 0.05) is 15.5 Å². The average Bonchev–Trinajstić information content (AvgIpc) is 2.11. The number of nitrogens with two attached hydrogens (primary N) is 1. The molecule has 0 saturated heterocycles. The lowest BCUT2D eigenvalue weighted by atomic mass is 10.0. The Morgan fingerprint density at radius 3 is 2.38 bits per heavy atom. The van der Waals surface area contributed by atoms with Gasteiger partial charge in [-0.15, -0.1) is 0 Å². The van der Waals surface area contributed by atoms with Crippen molar-refractivity contribution in [3.05, 3.63) is 44.8 Å². The Hall–Kier alpha value is -2.10. The summed E-state index contributed by atoms with van der Waals surface area (Å²) in [6, 6.07) is 0. The zero-order valence-electron chi connectivity index (χ0n) is 6.70. The van der Waals surface area contributed by atoms with Crippen molar-refractivity contribution in [1.29, 1.82) is 0 Å². The van der Waals surface area contributed by atoms with Crippen LogP contribution in [-0.2, 0) is 0 Å². The van der Waals surface area contributed by atoms with Gasteiger partial charge in [-0.05, 0) is 23.6 Å². The maximum Gasteiger partial charge on any atom is 0.149 e. The van der Waals surface area contributed by atoms with E-state index < -0.39 is 5.66 Å². The Bertz CT molecular complexity index is 335. The largest absolute Gasteiger partial charge is 0.399 e. The van der Waals surface area contributed by atoms with Crippen molar-refractivity contribution in [2.45, 2.75) is 12.1 Å². The lowest BCUT2D eigenvalue weighted by Gasteiger charge is -2.19. The fourth-order valence-corrected chi connectivity index (χ4v) is 0.957. The Morgan fingerprint density at radius 1 is 1.38 bits per heavy atom. The normalized spacial score (nSPS) is 25.4. The molecule has 0 aromatic rings. The van der Waals surface area contributed by atoms with E-state index >= 15 is 0 Å². The van der Waals surface area contributed by atoms with Crippen molar-refractivity contribution in [3.8, 4) is 0 Å². The number of azide groups is 1. The molecule has 0 unspecified atom stereocenters. The van der Waals surface area contributed by atoms with Crippen LogP contribution in [0.1, 0.15) is 6.42 Å². The first kappa shape index (κ1) is 8.99. The zero-order chi connectivity index (χ0) is 9.73. The molecule has 0 heterocycles. The molecule has 0 saturated carbocycles. The second-order valence-corrected chi connectivity index (χ2v) is 2.50. The quantitative estimate of drug-likeness (QED) is 0.387. The van der Waals surface area contributed by atoms with Gasteiger partial charge in [0.25, 0.3) is 0 Å². The molecular weight excluding hydrogens is 170 g/mol. The smallest absolute Gasteiger partial charge is 0.149 e. The molecule has 2 N–H and O–H groups in total. The molecule has 0 bridgehead atoms. The second kappa shape index (κ2) is 3.53. The highest BCUT2D eigenvalue weighted by Gasteiger charge is 2.24. The Balaban J connectivity index is 3.03. The van der Waals surface area contributed by atoms with E-state index in [-0.39, 0.29) is 0 Å². The molecule has 7 heteroatoms. The summed E-state index contributed by atoms with van der Waals surface area (Å²) in [4.78, 5) is 5.23. The van der Waals surface area contributed by atoms with Crippen molar-refractivity contribution >= 4 is 0 Å². The average molecular weight is 177 g/mol. The maximum atomic E-state index is 8.27. The van der Waals surface area contributed by atoms with Crippen molar-refractivity contribution < 1.29 is 0 Å².